The Kier molecular flexibility index (Phi) is 7.28. The third-order valence-corrected chi connectivity index (χ3v) is 5.58. The van der Waals surface area contributed by atoms with E-state index in [1.54, 1.807) is 0 Å². The first-order valence-corrected chi connectivity index (χ1v) is 10.3. The molecule has 0 spiro atoms. The lowest BCUT2D eigenvalue weighted by molar-refractivity contribution is -0.139. The summed E-state index contributed by atoms with van der Waals surface area (Å²) in [4.78, 5) is 22.7. The van der Waals surface area contributed by atoms with Crippen molar-refractivity contribution < 1.29 is 35.9 Å². The monoisotopic (exact) mass is 459 g/mol. The Bertz CT molecular complexity index is 1090. The molecule has 0 saturated carbocycles. The van der Waals surface area contributed by atoms with E-state index in [0.29, 0.717) is 11.8 Å². The smallest absolute Gasteiger partial charge is 0.417 e. The van der Waals surface area contributed by atoms with Crippen LogP contribution in [0.5, 0.6) is 5.75 Å². The van der Waals surface area contributed by atoms with E-state index in [-0.39, 0.29) is 17.3 Å². The summed E-state index contributed by atoms with van der Waals surface area (Å²) in [7, 11) is -3.33. The van der Waals surface area contributed by atoms with Gasteiger partial charge in [-0.15, -0.1) is 0 Å². The number of sulfonamides is 1. The van der Waals surface area contributed by atoms with Gasteiger partial charge in [0, 0.05) is 12.6 Å². The maximum atomic E-state index is 13.2. The Labute approximate surface area is 176 Å². The number of halogens is 3. The van der Waals surface area contributed by atoms with E-state index in [0.717, 1.165) is 18.2 Å². The molecule has 2 rings (SSSR count). The molecule has 3 N–H and O–H groups in total. The number of amides is 2. The van der Waals surface area contributed by atoms with Gasteiger partial charge in [-0.3, -0.25) is 9.59 Å². The van der Waals surface area contributed by atoms with Crippen LogP contribution in [0, 0.1) is 0 Å². The molecule has 168 valence electrons. The van der Waals surface area contributed by atoms with Crippen LogP contribution in [-0.2, 0) is 25.8 Å². The number of nitrogens with one attached hydrogen (secondary N) is 3. The molecule has 0 radical (unpaired) electrons. The van der Waals surface area contributed by atoms with Gasteiger partial charge in [0.2, 0.25) is 21.8 Å². The second-order valence-corrected chi connectivity index (χ2v) is 8.10. The highest BCUT2D eigenvalue weighted by Gasteiger charge is 2.37. The van der Waals surface area contributed by atoms with Crippen molar-refractivity contribution in [2.45, 2.75) is 31.0 Å². The Morgan fingerprint density at radius 2 is 1.71 bits per heavy atom. The molecule has 2 amide bonds. The van der Waals surface area contributed by atoms with Gasteiger partial charge in [-0.25, -0.2) is 8.42 Å². The minimum Gasteiger partial charge on any atom is -0.495 e. The Hall–Kier alpha value is -3.12. The summed E-state index contributed by atoms with van der Waals surface area (Å²) >= 11 is 0. The summed E-state index contributed by atoms with van der Waals surface area (Å²) in [5.41, 5.74) is -0.879. The molecule has 12 heteroatoms. The van der Waals surface area contributed by atoms with Gasteiger partial charge in [0.05, 0.1) is 29.3 Å². The van der Waals surface area contributed by atoms with Crippen LogP contribution in [0.3, 0.4) is 0 Å². The molecule has 2 aromatic rings. The van der Waals surface area contributed by atoms with E-state index in [9.17, 15) is 31.2 Å². The van der Waals surface area contributed by atoms with E-state index in [1.165, 1.54) is 39.2 Å². The fourth-order valence-corrected chi connectivity index (χ4v) is 4.04. The van der Waals surface area contributed by atoms with Crippen molar-refractivity contribution in [2.75, 3.05) is 17.7 Å². The number of hydrogen-bond donors (Lipinski definition) is 3. The highest BCUT2D eigenvalue weighted by molar-refractivity contribution is 7.89. The zero-order valence-corrected chi connectivity index (χ0v) is 17.5. The molecule has 0 unspecified atom stereocenters. The van der Waals surface area contributed by atoms with E-state index < -0.39 is 38.6 Å². The first-order valence-electron chi connectivity index (χ1n) is 8.80. The number of carbonyl (C=O) groups is 2. The number of ether oxygens (including phenoxy) is 1. The normalized spacial score (nSPS) is 12.7. The molecule has 0 aromatic heterocycles. The second kappa shape index (κ2) is 9.35. The van der Waals surface area contributed by atoms with Crippen molar-refractivity contribution in [1.82, 2.24) is 4.72 Å². The summed E-state index contributed by atoms with van der Waals surface area (Å²) in [5.74, 6) is -0.988. The van der Waals surface area contributed by atoms with Crippen molar-refractivity contribution in [3.05, 3.63) is 48.0 Å². The summed E-state index contributed by atoms with van der Waals surface area (Å²) in [6.07, 6.45) is -4.89. The Balaban J connectivity index is 2.25. The number of carbonyl (C=O) groups excluding carboxylic acids is 2. The highest BCUT2D eigenvalue weighted by Crippen LogP contribution is 2.34. The second-order valence-electron chi connectivity index (χ2n) is 6.42. The molecule has 0 saturated heterocycles. The number of anilines is 2. The maximum Gasteiger partial charge on any atom is 0.417 e. The minimum atomic E-state index is -4.89. The lowest BCUT2D eigenvalue weighted by atomic mass is 10.2. The zero-order valence-electron chi connectivity index (χ0n) is 16.7. The molecule has 2 aromatic carbocycles. The van der Waals surface area contributed by atoms with Gasteiger partial charge in [0.1, 0.15) is 5.75 Å². The summed E-state index contributed by atoms with van der Waals surface area (Å²) in [6, 6.07) is 6.59. The predicted octanol–water partition coefficient (Wildman–Crippen LogP) is 2.98. The number of methoxy groups -OCH3 is 1. The summed E-state index contributed by atoms with van der Waals surface area (Å²) < 4.78 is 71.5. The molecule has 0 aliphatic rings. The van der Waals surface area contributed by atoms with Gasteiger partial charge < -0.3 is 15.4 Å². The third-order valence-electron chi connectivity index (χ3n) is 3.98. The Morgan fingerprint density at radius 1 is 1.06 bits per heavy atom. The SMILES string of the molecule is COc1ccc(NC(C)=O)cc1NC(=O)[C@H](C)NS(=O)(=O)c1ccccc1C(F)(F)F. The molecule has 0 bridgehead atoms. The average Bonchev–Trinajstić information content (AvgIpc) is 2.66. The van der Waals surface area contributed by atoms with Gasteiger partial charge in [0.25, 0.3) is 0 Å². The van der Waals surface area contributed by atoms with Crippen molar-refractivity contribution in [2.24, 2.45) is 0 Å². The topological polar surface area (TPSA) is 114 Å². The fourth-order valence-electron chi connectivity index (χ4n) is 2.61. The first-order chi connectivity index (χ1) is 14.3. The molecular formula is C19H20F3N3O5S. The molecule has 1 atom stereocenters. The number of rotatable bonds is 7. The lowest BCUT2D eigenvalue weighted by Gasteiger charge is -2.18. The van der Waals surface area contributed by atoms with Gasteiger partial charge in [-0.2, -0.15) is 17.9 Å². The quantitative estimate of drug-likeness (QED) is 0.589. The van der Waals surface area contributed by atoms with Gasteiger partial charge >= 0.3 is 6.18 Å². The number of hydrogen-bond acceptors (Lipinski definition) is 5. The first kappa shape index (κ1) is 24.2. The molecule has 0 fully saturated rings. The minimum absolute atomic E-state index is 0.125. The summed E-state index contributed by atoms with van der Waals surface area (Å²) in [6.45, 7) is 2.46. The lowest BCUT2D eigenvalue weighted by Crippen LogP contribution is -2.42. The van der Waals surface area contributed by atoms with E-state index in [4.69, 9.17) is 4.74 Å². The molecule has 31 heavy (non-hydrogen) atoms. The molecule has 0 aliphatic carbocycles. The van der Waals surface area contributed by atoms with Crippen molar-refractivity contribution >= 4 is 33.2 Å². The van der Waals surface area contributed by atoms with E-state index in [1.807, 2.05) is 4.72 Å². The van der Waals surface area contributed by atoms with Crippen molar-refractivity contribution in [1.29, 1.82) is 0 Å². The number of alkyl halides is 3. The largest absolute Gasteiger partial charge is 0.495 e. The van der Waals surface area contributed by atoms with Crippen LogP contribution in [0.1, 0.15) is 19.4 Å². The Morgan fingerprint density at radius 3 is 2.29 bits per heavy atom. The summed E-state index contributed by atoms with van der Waals surface area (Å²) in [5, 5.41) is 4.94. The van der Waals surface area contributed by atoms with Crippen molar-refractivity contribution in [3.63, 3.8) is 0 Å². The van der Waals surface area contributed by atoms with Crippen LogP contribution in [0.4, 0.5) is 24.5 Å². The molecule has 8 nitrogen and oxygen atoms in total. The maximum absolute atomic E-state index is 13.2. The van der Waals surface area contributed by atoms with Crippen LogP contribution < -0.4 is 20.1 Å². The predicted molar refractivity (Wildman–Crippen MR) is 107 cm³/mol. The number of benzene rings is 2. The average molecular weight is 459 g/mol. The van der Waals surface area contributed by atoms with Gasteiger partial charge in [-0.1, -0.05) is 12.1 Å². The fraction of sp³-hybridized carbons (Fsp3) is 0.263. The molecule has 0 heterocycles. The van der Waals surface area contributed by atoms with Crippen LogP contribution >= 0.6 is 0 Å². The third kappa shape index (κ3) is 6.18. The highest BCUT2D eigenvalue weighted by atomic mass is 32.2. The van der Waals surface area contributed by atoms with Crippen LogP contribution in [-0.4, -0.2) is 33.4 Å². The van der Waals surface area contributed by atoms with E-state index >= 15 is 0 Å². The van der Waals surface area contributed by atoms with Crippen LogP contribution in [0.2, 0.25) is 0 Å². The molecule has 0 aliphatic heterocycles. The van der Waals surface area contributed by atoms with Crippen LogP contribution in [0.25, 0.3) is 0 Å². The molecular weight excluding hydrogens is 439 g/mol. The van der Waals surface area contributed by atoms with Crippen LogP contribution in [0.15, 0.2) is 47.4 Å². The van der Waals surface area contributed by atoms with E-state index in [2.05, 4.69) is 10.6 Å². The van der Waals surface area contributed by atoms with Gasteiger partial charge in [-0.05, 0) is 37.3 Å². The van der Waals surface area contributed by atoms with Crippen molar-refractivity contribution in [3.8, 4) is 5.75 Å². The zero-order chi connectivity index (χ0) is 23.4. The standard InChI is InChI=1S/C19H20F3N3O5S/c1-11(25-31(28,29)17-7-5-4-6-14(17)19(20,21)22)18(27)24-15-10-13(23-12(2)26)8-9-16(15)30-3/h4-11,25H,1-3H3,(H,23,26)(H,24,27)/t11-/m0/s1. The van der Waals surface area contributed by atoms with Gasteiger partial charge in [0.15, 0.2) is 0 Å².